The zero-order valence-corrected chi connectivity index (χ0v) is 16.8. The van der Waals surface area contributed by atoms with E-state index in [1.807, 2.05) is 6.92 Å². The van der Waals surface area contributed by atoms with Crippen LogP contribution in [-0.2, 0) is 19.6 Å². The van der Waals surface area contributed by atoms with Crippen molar-refractivity contribution in [3.63, 3.8) is 0 Å². The zero-order valence-electron chi connectivity index (χ0n) is 16.0. The number of hydrogen-bond donors (Lipinski definition) is 1. The summed E-state index contributed by atoms with van der Waals surface area (Å²) < 4.78 is 35.0. The number of hydrogen-bond acceptors (Lipinski definition) is 4. The Morgan fingerprint density at radius 2 is 1.56 bits per heavy atom. The second-order valence-electron chi connectivity index (χ2n) is 6.65. The van der Waals surface area contributed by atoms with Crippen molar-refractivity contribution in [1.29, 1.82) is 0 Å². The zero-order chi connectivity index (χ0) is 19.1. The summed E-state index contributed by atoms with van der Waals surface area (Å²) in [6, 6.07) is 0. The fraction of sp³-hybridized carbons (Fsp3) is 0.842. The summed E-state index contributed by atoms with van der Waals surface area (Å²) in [7, 11) is -4.00. The van der Waals surface area contributed by atoms with Crippen LogP contribution in [0.2, 0.25) is 0 Å². The SMILES string of the molecule is C=C(CCCCCCCCCC)C(CC)C(=O)OCCCS(=O)(=O)O. The van der Waals surface area contributed by atoms with Crippen molar-refractivity contribution in [3.8, 4) is 0 Å². The number of rotatable bonds is 16. The lowest BCUT2D eigenvalue weighted by Gasteiger charge is -2.17. The lowest BCUT2D eigenvalue weighted by atomic mass is 9.93. The highest BCUT2D eigenvalue weighted by molar-refractivity contribution is 7.85. The van der Waals surface area contributed by atoms with Gasteiger partial charge in [0, 0.05) is 0 Å². The minimum atomic E-state index is -4.00. The van der Waals surface area contributed by atoms with Crippen LogP contribution in [0.3, 0.4) is 0 Å². The maximum absolute atomic E-state index is 12.1. The van der Waals surface area contributed by atoms with Crippen molar-refractivity contribution in [1.82, 2.24) is 0 Å². The van der Waals surface area contributed by atoms with Gasteiger partial charge in [0.1, 0.15) is 0 Å². The van der Waals surface area contributed by atoms with Gasteiger partial charge in [-0.15, -0.1) is 0 Å². The lowest BCUT2D eigenvalue weighted by molar-refractivity contribution is -0.147. The molecule has 0 heterocycles. The molecule has 1 unspecified atom stereocenters. The monoisotopic (exact) mass is 376 g/mol. The number of ether oxygens (including phenoxy) is 1. The maximum atomic E-state index is 12.1. The molecule has 1 atom stereocenters. The molecule has 0 radical (unpaired) electrons. The van der Waals surface area contributed by atoms with Crippen molar-refractivity contribution in [2.45, 2.75) is 84.5 Å². The van der Waals surface area contributed by atoms with Gasteiger partial charge in [0.25, 0.3) is 10.1 Å². The molecule has 0 aromatic carbocycles. The van der Waals surface area contributed by atoms with E-state index in [-0.39, 0.29) is 24.9 Å². The standard InChI is InChI=1S/C19H36O5S/c1-4-6-7-8-9-10-11-12-14-17(3)18(5-2)19(20)24-15-13-16-25(21,22)23/h18H,3-16H2,1-2H3,(H,21,22,23). The van der Waals surface area contributed by atoms with E-state index in [1.54, 1.807) is 0 Å². The number of esters is 1. The highest BCUT2D eigenvalue weighted by Crippen LogP contribution is 2.22. The van der Waals surface area contributed by atoms with Crippen LogP contribution in [0, 0.1) is 5.92 Å². The van der Waals surface area contributed by atoms with E-state index in [0.29, 0.717) is 6.42 Å². The quantitative estimate of drug-likeness (QED) is 0.179. The van der Waals surface area contributed by atoms with E-state index in [2.05, 4.69) is 13.5 Å². The first-order chi connectivity index (χ1) is 11.8. The summed E-state index contributed by atoms with van der Waals surface area (Å²) in [5, 5.41) is 0. The first kappa shape index (κ1) is 24.1. The van der Waals surface area contributed by atoms with Crippen LogP contribution in [0.15, 0.2) is 12.2 Å². The molecule has 0 aromatic heterocycles. The molecule has 0 aliphatic heterocycles. The van der Waals surface area contributed by atoms with Crippen LogP contribution in [0.1, 0.15) is 84.5 Å². The number of carbonyl (C=O) groups is 1. The summed E-state index contributed by atoms with van der Waals surface area (Å²) in [5.41, 5.74) is 0.897. The average molecular weight is 377 g/mol. The Morgan fingerprint density at radius 1 is 1.00 bits per heavy atom. The molecule has 0 bridgehead atoms. The molecule has 0 fully saturated rings. The molecule has 0 aromatic rings. The van der Waals surface area contributed by atoms with E-state index >= 15 is 0 Å². The predicted octanol–water partition coefficient (Wildman–Crippen LogP) is 4.92. The van der Waals surface area contributed by atoms with Gasteiger partial charge in [-0.3, -0.25) is 9.35 Å². The molecule has 5 nitrogen and oxygen atoms in total. The third kappa shape index (κ3) is 14.0. The fourth-order valence-corrected chi connectivity index (χ4v) is 3.28. The Balaban J connectivity index is 3.90. The highest BCUT2D eigenvalue weighted by Gasteiger charge is 2.21. The van der Waals surface area contributed by atoms with E-state index in [1.165, 1.54) is 38.5 Å². The molecule has 25 heavy (non-hydrogen) atoms. The Labute approximate surface area is 154 Å². The second-order valence-corrected chi connectivity index (χ2v) is 8.22. The van der Waals surface area contributed by atoms with Crippen LogP contribution in [0.5, 0.6) is 0 Å². The highest BCUT2D eigenvalue weighted by atomic mass is 32.2. The van der Waals surface area contributed by atoms with Crippen molar-refractivity contribution in [2.75, 3.05) is 12.4 Å². The molecular formula is C19H36O5S. The molecule has 0 saturated carbocycles. The topological polar surface area (TPSA) is 80.7 Å². The Bertz CT molecular complexity index is 470. The summed E-state index contributed by atoms with van der Waals surface area (Å²) in [5.74, 6) is -1.06. The Hall–Kier alpha value is -0.880. The van der Waals surface area contributed by atoms with Gasteiger partial charge in [-0.1, -0.05) is 70.9 Å². The predicted molar refractivity (Wildman–Crippen MR) is 102 cm³/mol. The summed E-state index contributed by atoms with van der Waals surface area (Å²) in [6.45, 7) is 8.17. The molecule has 0 aliphatic carbocycles. The van der Waals surface area contributed by atoms with Crippen molar-refractivity contribution in [3.05, 3.63) is 12.2 Å². The van der Waals surface area contributed by atoms with E-state index in [9.17, 15) is 13.2 Å². The molecule has 0 rings (SSSR count). The van der Waals surface area contributed by atoms with E-state index in [0.717, 1.165) is 24.8 Å². The number of carbonyl (C=O) groups excluding carboxylic acids is 1. The minimum Gasteiger partial charge on any atom is -0.465 e. The van der Waals surface area contributed by atoms with Crippen molar-refractivity contribution in [2.24, 2.45) is 5.92 Å². The van der Waals surface area contributed by atoms with Crippen LogP contribution in [0.25, 0.3) is 0 Å². The molecule has 1 N–H and O–H groups in total. The van der Waals surface area contributed by atoms with Gasteiger partial charge in [0.2, 0.25) is 0 Å². The number of unbranched alkanes of at least 4 members (excludes halogenated alkanes) is 7. The molecule has 0 amide bonds. The third-order valence-electron chi connectivity index (χ3n) is 4.33. The minimum absolute atomic E-state index is 0.000162. The normalized spacial score (nSPS) is 12.8. The summed E-state index contributed by atoms with van der Waals surface area (Å²) in [6.07, 6.45) is 11.5. The molecule has 148 valence electrons. The first-order valence-corrected chi connectivity index (χ1v) is 11.2. The Morgan fingerprint density at radius 3 is 2.08 bits per heavy atom. The average Bonchev–Trinajstić information content (AvgIpc) is 2.54. The molecule has 0 saturated heterocycles. The smallest absolute Gasteiger partial charge is 0.313 e. The van der Waals surface area contributed by atoms with Gasteiger partial charge in [-0.05, 0) is 25.7 Å². The van der Waals surface area contributed by atoms with Gasteiger partial charge in [0.05, 0.1) is 18.3 Å². The van der Waals surface area contributed by atoms with Gasteiger partial charge in [-0.25, -0.2) is 0 Å². The molecule has 0 aliphatic rings. The molecule has 6 heteroatoms. The molecule has 0 spiro atoms. The maximum Gasteiger partial charge on any atom is 0.313 e. The van der Waals surface area contributed by atoms with E-state index in [4.69, 9.17) is 9.29 Å². The lowest BCUT2D eigenvalue weighted by Crippen LogP contribution is -2.20. The van der Waals surface area contributed by atoms with Crippen LogP contribution in [-0.4, -0.2) is 31.3 Å². The van der Waals surface area contributed by atoms with Crippen molar-refractivity contribution < 1.29 is 22.5 Å². The fourth-order valence-electron chi connectivity index (χ4n) is 2.80. The third-order valence-corrected chi connectivity index (χ3v) is 5.13. The van der Waals surface area contributed by atoms with Gasteiger partial charge in [-0.2, -0.15) is 8.42 Å². The van der Waals surface area contributed by atoms with Gasteiger partial charge < -0.3 is 4.74 Å². The van der Waals surface area contributed by atoms with Crippen LogP contribution >= 0.6 is 0 Å². The van der Waals surface area contributed by atoms with Crippen molar-refractivity contribution >= 4 is 16.1 Å². The second kappa shape index (κ2) is 14.3. The van der Waals surface area contributed by atoms with Crippen LogP contribution in [0.4, 0.5) is 0 Å². The Kier molecular flexibility index (Phi) is 13.8. The largest absolute Gasteiger partial charge is 0.465 e. The van der Waals surface area contributed by atoms with Gasteiger partial charge in [0.15, 0.2) is 0 Å². The summed E-state index contributed by atoms with van der Waals surface area (Å²) in [4.78, 5) is 12.1. The van der Waals surface area contributed by atoms with Crippen LogP contribution < -0.4 is 0 Å². The summed E-state index contributed by atoms with van der Waals surface area (Å²) >= 11 is 0. The molecular weight excluding hydrogens is 340 g/mol. The first-order valence-electron chi connectivity index (χ1n) is 9.61. The van der Waals surface area contributed by atoms with E-state index < -0.39 is 15.9 Å². The van der Waals surface area contributed by atoms with Gasteiger partial charge >= 0.3 is 5.97 Å².